The second-order valence-electron chi connectivity index (χ2n) is 7.76. The highest BCUT2D eigenvalue weighted by Crippen LogP contribution is 2.40. The molecule has 1 amide bonds. The first-order chi connectivity index (χ1) is 13.6. The highest BCUT2D eigenvalue weighted by atomic mass is 16.1. The van der Waals surface area contributed by atoms with Gasteiger partial charge < -0.3 is 10.6 Å². The Balaban J connectivity index is 1.75. The fourth-order valence-corrected chi connectivity index (χ4v) is 4.58. The van der Waals surface area contributed by atoms with E-state index in [0.29, 0.717) is 5.56 Å². The lowest BCUT2D eigenvalue weighted by Crippen LogP contribution is -2.52. The summed E-state index contributed by atoms with van der Waals surface area (Å²) in [6, 6.07) is 20.0. The first kappa shape index (κ1) is 18.6. The number of nitrogens with zero attached hydrogens (tertiary/aromatic N) is 1. The molecule has 1 atom stereocenters. The predicted molar refractivity (Wildman–Crippen MR) is 113 cm³/mol. The lowest BCUT2D eigenvalue weighted by atomic mass is 9.83. The molecule has 1 heterocycles. The first-order valence-corrected chi connectivity index (χ1v) is 10.0. The maximum absolute atomic E-state index is 13.4. The molecule has 3 aromatic rings. The standard InChI is InChI=1S/C24H27N3O/c1-17-16-20(19-12-6-7-13-21(19)26-17)23(28)27-22(18-10-4-3-5-11-18)24(25-2)14-8-9-15-24/h3-7,10-13,16,22,25H,8-9,14-15H2,1-2H3,(H,27,28). The molecule has 4 rings (SSSR count). The fourth-order valence-electron chi connectivity index (χ4n) is 4.58. The predicted octanol–water partition coefficient (Wildman–Crippen LogP) is 4.55. The average molecular weight is 374 g/mol. The van der Waals surface area contributed by atoms with Crippen LogP contribution in [0, 0.1) is 6.92 Å². The number of amides is 1. The minimum absolute atomic E-state index is 0.0444. The summed E-state index contributed by atoms with van der Waals surface area (Å²) in [7, 11) is 2.01. The molecule has 0 spiro atoms. The number of aromatic nitrogens is 1. The average Bonchev–Trinajstić information content (AvgIpc) is 3.22. The van der Waals surface area contributed by atoms with Crippen LogP contribution in [-0.2, 0) is 0 Å². The maximum atomic E-state index is 13.4. The highest BCUT2D eigenvalue weighted by Gasteiger charge is 2.41. The summed E-state index contributed by atoms with van der Waals surface area (Å²) in [5, 5.41) is 7.82. The summed E-state index contributed by atoms with van der Waals surface area (Å²) in [6.07, 6.45) is 4.47. The van der Waals surface area contributed by atoms with Gasteiger partial charge in [-0.05, 0) is 44.5 Å². The van der Waals surface area contributed by atoms with Crippen LogP contribution < -0.4 is 10.6 Å². The number of benzene rings is 2. The zero-order valence-electron chi connectivity index (χ0n) is 16.5. The topological polar surface area (TPSA) is 54.0 Å². The van der Waals surface area contributed by atoms with Crippen molar-refractivity contribution in [1.29, 1.82) is 0 Å². The monoisotopic (exact) mass is 373 g/mol. The van der Waals surface area contributed by atoms with Gasteiger partial charge in [-0.1, -0.05) is 61.4 Å². The Labute approximate surface area is 166 Å². The molecule has 0 aliphatic heterocycles. The van der Waals surface area contributed by atoms with Gasteiger partial charge in [-0.2, -0.15) is 0 Å². The zero-order valence-corrected chi connectivity index (χ0v) is 16.5. The van der Waals surface area contributed by atoms with Gasteiger partial charge in [-0.25, -0.2) is 0 Å². The van der Waals surface area contributed by atoms with Crippen molar-refractivity contribution in [1.82, 2.24) is 15.6 Å². The Kier molecular flexibility index (Phi) is 5.14. The van der Waals surface area contributed by atoms with Gasteiger partial charge >= 0.3 is 0 Å². The van der Waals surface area contributed by atoms with E-state index in [0.717, 1.165) is 35.0 Å². The van der Waals surface area contributed by atoms with Crippen LogP contribution in [0.1, 0.15) is 53.3 Å². The second-order valence-corrected chi connectivity index (χ2v) is 7.76. The van der Waals surface area contributed by atoms with Crippen LogP contribution in [0.25, 0.3) is 10.9 Å². The summed E-state index contributed by atoms with van der Waals surface area (Å²) in [6.45, 7) is 1.93. The van der Waals surface area contributed by atoms with Gasteiger partial charge in [-0.15, -0.1) is 0 Å². The van der Waals surface area contributed by atoms with Gasteiger partial charge in [0, 0.05) is 16.6 Å². The lowest BCUT2D eigenvalue weighted by molar-refractivity contribution is 0.0905. The molecule has 0 saturated heterocycles. The Morgan fingerprint density at radius 3 is 2.43 bits per heavy atom. The van der Waals surface area contributed by atoms with Crippen molar-refractivity contribution < 1.29 is 4.79 Å². The summed E-state index contributed by atoms with van der Waals surface area (Å²) >= 11 is 0. The fraction of sp³-hybridized carbons (Fsp3) is 0.333. The molecule has 1 unspecified atom stereocenters. The number of pyridine rings is 1. The van der Waals surface area contributed by atoms with Crippen LogP contribution in [0.2, 0.25) is 0 Å². The van der Waals surface area contributed by atoms with Crippen LogP contribution in [0.3, 0.4) is 0 Å². The van der Waals surface area contributed by atoms with Crippen LogP contribution in [0.4, 0.5) is 0 Å². The van der Waals surface area contributed by atoms with Gasteiger partial charge in [0.1, 0.15) is 0 Å². The van der Waals surface area contributed by atoms with E-state index < -0.39 is 0 Å². The number of likely N-dealkylation sites (N-methyl/N-ethyl adjacent to an activating group) is 1. The van der Waals surface area contributed by atoms with Crippen molar-refractivity contribution in [3.8, 4) is 0 Å². The van der Waals surface area contributed by atoms with E-state index in [-0.39, 0.29) is 17.5 Å². The number of rotatable bonds is 5. The highest BCUT2D eigenvalue weighted by molar-refractivity contribution is 6.06. The largest absolute Gasteiger partial charge is 0.343 e. The molecule has 1 aliphatic carbocycles. The van der Waals surface area contributed by atoms with Crippen molar-refractivity contribution in [2.45, 2.75) is 44.2 Å². The smallest absolute Gasteiger partial charge is 0.252 e. The summed E-state index contributed by atoms with van der Waals surface area (Å²) in [4.78, 5) is 18.0. The van der Waals surface area contributed by atoms with Gasteiger partial charge in [0.15, 0.2) is 0 Å². The molecule has 144 valence electrons. The third-order valence-corrected chi connectivity index (χ3v) is 6.04. The molecule has 2 aromatic carbocycles. The minimum atomic E-state index is -0.116. The van der Waals surface area contributed by atoms with Crippen LogP contribution in [0.15, 0.2) is 60.7 Å². The van der Waals surface area contributed by atoms with Crippen molar-refractivity contribution in [2.75, 3.05) is 7.05 Å². The number of aryl methyl sites for hydroxylation is 1. The summed E-state index contributed by atoms with van der Waals surface area (Å²) in [5.41, 5.74) is 3.42. The van der Waals surface area contributed by atoms with Gasteiger partial charge in [0.2, 0.25) is 0 Å². The normalized spacial score (nSPS) is 16.8. The molecule has 0 bridgehead atoms. The number of nitrogens with one attached hydrogen (secondary N) is 2. The maximum Gasteiger partial charge on any atom is 0.252 e. The second kappa shape index (κ2) is 7.72. The van der Waals surface area contributed by atoms with E-state index in [9.17, 15) is 4.79 Å². The number of fused-ring (bicyclic) bond motifs is 1. The van der Waals surface area contributed by atoms with Gasteiger partial charge in [0.05, 0.1) is 17.1 Å². The molecule has 4 nitrogen and oxygen atoms in total. The number of para-hydroxylation sites is 1. The molecule has 1 aliphatic rings. The van der Waals surface area contributed by atoms with Crippen LogP contribution >= 0.6 is 0 Å². The Bertz CT molecular complexity index is 978. The molecule has 2 N–H and O–H groups in total. The first-order valence-electron chi connectivity index (χ1n) is 10.0. The molecule has 1 aromatic heterocycles. The molecular weight excluding hydrogens is 346 g/mol. The van der Waals surface area contributed by atoms with Crippen molar-refractivity contribution in [2.24, 2.45) is 0 Å². The minimum Gasteiger partial charge on any atom is -0.343 e. The molecular formula is C24H27N3O. The van der Waals surface area contributed by atoms with Crippen LogP contribution in [-0.4, -0.2) is 23.5 Å². The number of carbonyl (C=O) groups is 1. The quantitative estimate of drug-likeness (QED) is 0.690. The Morgan fingerprint density at radius 2 is 1.71 bits per heavy atom. The summed E-state index contributed by atoms with van der Waals surface area (Å²) < 4.78 is 0. The Hall–Kier alpha value is -2.72. The van der Waals surface area contributed by atoms with Gasteiger partial charge in [-0.3, -0.25) is 9.78 Å². The van der Waals surface area contributed by atoms with E-state index in [1.165, 1.54) is 12.8 Å². The lowest BCUT2D eigenvalue weighted by Gasteiger charge is -2.38. The van der Waals surface area contributed by atoms with E-state index in [4.69, 9.17) is 0 Å². The molecule has 28 heavy (non-hydrogen) atoms. The number of hydrogen-bond donors (Lipinski definition) is 2. The molecule has 1 fully saturated rings. The van der Waals surface area contributed by atoms with Crippen molar-refractivity contribution in [3.63, 3.8) is 0 Å². The zero-order chi connectivity index (χ0) is 19.6. The summed E-state index contributed by atoms with van der Waals surface area (Å²) in [5.74, 6) is -0.0444. The molecule has 1 saturated carbocycles. The van der Waals surface area contributed by atoms with E-state index in [1.807, 2.05) is 62.5 Å². The third-order valence-electron chi connectivity index (χ3n) is 6.04. The van der Waals surface area contributed by atoms with Crippen LogP contribution in [0.5, 0.6) is 0 Å². The molecule has 0 radical (unpaired) electrons. The van der Waals surface area contributed by atoms with E-state index in [2.05, 4.69) is 27.8 Å². The van der Waals surface area contributed by atoms with E-state index in [1.54, 1.807) is 0 Å². The van der Waals surface area contributed by atoms with Gasteiger partial charge in [0.25, 0.3) is 5.91 Å². The van der Waals surface area contributed by atoms with E-state index >= 15 is 0 Å². The SMILES string of the molecule is CNC1(C(NC(=O)c2cc(C)nc3ccccc23)c2ccccc2)CCCC1. The third kappa shape index (κ3) is 3.40. The number of carbonyl (C=O) groups excluding carboxylic acids is 1. The van der Waals surface area contributed by atoms with Crippen molar-refractivity contribution >= 4 is 16.8 Å². The van der Waals surface area contributed by atoms with Crippen molar-refractivity contribution in [3.05, 3.63) is 77.5 Å². The Morgan fingerprint density at radius 1 is 1.04 bits per heavy atom. The number of hydrogen-bond acceptors (Lipinski definition) is 3. The molecule has 4 heteroatoms.